The Balaban J connectivity index is 2.44. The number of H-pyrrole nitrogens is 1. The molecule has 0 fully saturated rings. The Bertz CT molecular complexity index is 724. The predicted octanol–water partition coefficient (Wildman–Crippen LogP) is 1.60. The van der Waals surface area contributed by atoms with Gasteiger partial charge >= 0.3 is 0 Å². The van der Waals surface area contributed by atoms with Crippen molar-refractivity contribution in [3.05, 3.63) is 40.6 Å². The lowest BCUT2D eigenvalue weighted by atomic mass is 10.3. The van der Waals surface area contributed by atoms with Gasteiger partial charge in [0.2, 0.25) is 0 Å². The van der Waals surface area contributed by atoms with Crippen LogP contribution in [0, 0.1) is 11.6 Å². The summed E-state index contributed by atoms with van der Waals surface area (Å²) in [6, 6.07) is 1.31. The van der Waals surface area contributed by atoms with Gasteiger partial charge in [0.1, 0.15) is 11.5 Å². The molecule has 0 atom stereocenters. The molecule has 4 N–H and O–H groups in total. The number of nitrogens with zero attached hydrogens (tertiary/aromatic N) is 1. The van der Waals surface area contributed by atoms with Gasteiger partial charge in [-0.25, -0.2) is 8.78 Å². The van der Waals surface area contributed by atoms with Crippen LogP contribution in [0.1, 0.15) is 5.56 Å². The number of nitrogens with one attached hydrogen (secondary N) is 2. The van der Waals surface area contributed by atoms with E-state index in [-0.39, 0.29) is 17.1 Å². The van der Waals surface area contributed by atoms with Crippen molar-refractivity contribution in [3.8, 4) is 0 Å². The van der Waals surface area contributed by atoms with E-state index in [1.54, 1.807) is 0 Å². The van der Waals surface area contributed by atoms with Gasteiger partial charge in [0.15, 0.2) is 10.8 Å². The number of nitrogens with two attached hydrogens (primary N) is 1. The summed E-state index contributed by atoms with van der Waals surface area (Å²) in [5, 5.41) is 5.09. The van der Waals surface area contributed by atoms with Crippen LogP contribution in [0.4, 0.5) is 14.5 Å². The number of hydrogen-bond acceptors (Lipinski definition) is 4. The van der Waals surface area contributed by atoms with Crippen molar-refractivity contribution in [2.24, 2.45) is 5.73 Å². The molecule has 2 aromatic rings. The maximum atomic E-state index is 13.6. The molecular weight excluding hydrogens is 314 g/mol. The first kappa shape index (κ1) is 14.7. The molecule has 0 aliphatic heterocycles. The van der Waals surface area contributed by atoms with Crippen LogP contribution in [0.2, 0.25) is 5.02 Å². The first-order valence-corrected chi connectivity index (χ1v) is 7.11. The molecule has 20 heavy (non-hydrogen) atoms. The summed E-state index contributed by atoms with van der Waals surface area (Å²) in [4.78, 5) is 0. The van der Waals surface area contributed by atoms with Crippen LogP contribution in [-0.4, -0.2) is 18.6 Å². The number of rotatable bonds is 4. The summed E-state index contributed by atoms with van der Waals surface area (Å²) in [5.74, 6) is -2.05. The van der Waals surface area contributed by atoms with Gasteiger partial charge < -0.3 is 5.73 Å². The van der Waals surface area contributed by atoms with Gasteiger partial charge in [0.05, 0.1) is 11.2 Å². The molecule has 0 amide bonds. The third-order valence-corrected chi connectivity index (χ3v) is 4.07. The minimum atomic E-state index is -4.17. The molecular formula is C10H9ClF2N4O2S. The topological polar surface area (TPSA) is 101 Å². The smallest absolute Gasteiger partial charge is 0.279 e. The summed E-state index contributed by atoms with van der Waals surface area (Å²) >= 11 is 5.62. The minimum absolute atomic E-state index is 0.0770. The summed E-state index contributed by atoms with van der Waals surface area (Å²) < 4.78 is 52.5. The van der Waals surface area contributed by atoms with Gasteiger partial charge in [-0.15, -0.1) is 0 Å². The highest BCUT2D eigenvalue weighted by Crippen LogP contribution is 2.28. The summed E-state index contributed by atoms with van der Waals surface area (Å²) in [5.41, 5.74) is 5.03. The molecule has 0 radical (unpaired) electrons. The molecule has 0 saturated heterocycles. The van der Waals surface area contributed by atoms with Crippen LogP contribution >= 0.6 is 11.6 Å². The molecule has 0 aliphatic rings. The zero-order chi connectivity index (χ0) is 14.9. The Hall–Kier alpha value is -1.71. The number of aromatic nitrogens is 2. The molecule has 2 rings (SSSR count). The Labute approximate surface area is 118 Å². The summed E-state index contributed by atoms with van der Waals surface area (Å²) in [7, 11) is -4.17. The Morgan fingerprint density at radius 3 is 2.70 bits per heavy atom. The van der Waals surface area contributed by atoms with Crippen molar-refractivity contribution >= 4 is 27.3 Å². The van der Waals surface area contributed by atoms with E-state index >= 15 is 0 Å². The molecule has 0 bridgehead atoms. The largest absolute Gasteiger partial charge is 0.326 e. The molecule has 10 heteroatoms. The molecule has 1 aromatic heterocycles. The van der Waals surface area contributed by atoms with E-state index in [2.05, 4.69) is 10.2 Å². The molecule has 0 saturated carbocycles. The van der Waals surface area contributed by atoms with Gasteiger partial charge in [0, 0.05) is 18.2 Å². The second kappa shape index (κ2) is 5.35. The fraction of sp³-hybridized carbons (Fsp3) is 0.100. The Kier molecular flexibility index (Phi) is 3.93. The highest BCUT2D eigenvalue weighted by Gasteiger charge is 2.23. The SMILES string of the molecule is NCc1cn[nH]c1S(=O)(=O)Nc1c(F)cc(F)cc1Cl. The number of benzene rings is 1. The van der Waals surface area contributed by atoms with E-state index in [1.807, 2.05) is 4.72 Å². The van der Waals surface area contributed by atoms with Crippen molar-refractivity contribution in [1.82, 2.24) is 10.2 Å². The standard InChI is InChI=1S/C10H9ClF2N4O2S/c11-7-1-6(12)2-8(13)9(7)17-20(18,19)10-5(3-14)4-15-16-10/h1-2,4,17H,3,14H2,(H,15,16). The van der Waals surface area contributed by atoms with Crippen LogP contribution in [0.3, 0.4) is 0 Å². The minimum Gasteiger partial charge on any atom is -0.326 e. The Morgan fingerprint density at radius 2 is 2.10 bits per heavy atom. The lowest BCUT2D eigenvalue weighted by Crippen LogP contribution is -2.17. The first-order chi connectivity index (χ1) is 9.35. The number of halogens is 3. The second-order valence-electron chi connectivity index (χ2n) is 3.78. The average molecular weight is 323 g/mol. The maximum absolute atomic E-state index is 13.6. The number of anilines is 1. The van der Waals surface area contributed by atoms with Crippen molar-refractivity contribution < 1.29 is 17.2 Å². The van der Waals surface area contributed by atoms with E-state index in [0.717, 1.165) is 6.07 Å². The fourth-order valence-electron chi connectivity index (χ4n) is 1.50. The Morgan fingerprint density at radius 1 is 1.40 bits per heavy atom. The average Bonchev–Trinajstić information content (AvgIpc) is 2.83. The van der Waals surface area contributed by atoms with E-state index in [9.17, 15) is 17.2 Å². The first-order valence-electron chi connectivity index (χ1n) is 5.25. The molecule has 0 spiro atoms. The van der Waals surface area contributed by atoms with Crippen LogP contribution in [-0.2, 0) is 16.6 Å². The molecule has 1 heterocycles. The zero-order valence-corrected chi connectivity index (χ0v) is 11.4. The van der Waals surface area contributed by atoms with Crippen molar-refractivity contribution in [2.75, 3.05) is 4.72 Å². The second-order valence-corrected chi connectivity index (χ2v) is 5.80. The van der Waals surface area contributed by atoms with Gasteiger partial charge in [0.25, 0.3) is 10.0 Å². The number of sulfonamides is 1. The normalized spacial score (nSPS) is 11.6. The van der Waals surface area contributed by atoms with E-state index in [4.69, 9.17) is 17.3 Å². The van der Waals surface area contributed by atoms with Gasteiger partial charge in [-0.2, -0.15) is 13.5 Å². The van der Waals surface area contributed by atoms with Crippen LogP contribution in [0.15, 0.2) is 23.4 Å². The van der Waals surface area contributed by atoms with Crippen LogP contribution in [0.25, 0.3) is 0 Å². The highest BCUT2D eigenvalue weighted by molar-refractivity contribution is 7.92. The molecule has 0 aliphatic carbocycles. The van der Waals surface area contributed by atoms with E-state index < -0.39 is 32.4 Å². The number of hydrogen-bond donors (Lipinski definition) is 3. The van der Waals surface area contributed by atoms with E-state index in [0.29, 0.717) is 6.07 Å². The highest BCUT2D eigenvalue weighted by atomic mass is 35.5. The lowest BCUT2D eigenvalue weighted by molar-refractivity contribution is 0.581. The predicted molar refractivity (Wildman–Crippen MR) is 68.7 cm³/mol. The molecule has 1 aromatic carbocycles. The quantitative estimate of drug-likeness (QED) is 0.795. The molecule has 0 unspecified atom stereocenters. The third kappa shape index (κ3) is 2.74. The molecule has 108 valence electrons. The number of aromatic amines is 1. The van der Waals surface area contributed by atoms with Gasteiger partial charge in [-0.1, -0.05) is 11.6 Å². The summed E-state index contributed by atoms with van der Waals surface area (Å²) in [6.07, 6.45) is 1.23. The van der Waals surface area contributed by atoms with Crippen molar-refractivity contribution in [2.45, 2.75) is 11.6 Å². The van der Waals surface area contributed by atoms with Crippen LogP contribution < -0.4 is 10.5 Å². The van der Waals surface area contributed by atoms with Crippen LogP contribution in [0.5, 0.6) is 0 Å². The van der Waals surface area contributed by atoms with Gasteiger partial charge in [-0.05, 0) is 6.07 Å². The van der Waals surface area contributed by atoms with Crippen molar-refractivity contribution in [1.29, 1.82) is 0 Å². The third-order valence-electron chi connectivity index (χ3n) is 2.41. The maximum Gasteiger partial charge on any atom is 0.279 e. The van der Waals surface area contributed by atoms with E-state index in [1.165, 1.54) is 6.20 Å². The van der Waals surface area contributed by atoms with Gasteiger partial charge in [-0.3, -0.25) is 9.82 Å². The lowest BCUT2D eigenvalue weighted by Gasteiger charge is -2.10. The fourth-order valence-corrected chi connectivity index (χ4v) is 3.03. The summed E-state index contributed by atoms with van der Waals surface area (Å²) in [6.45, 7) is -0.0770. The van der Waals surface area contributed by atoms with Crippen molar-refractivity contribution in [3.63, 3.8) is 0 Å². The molecule has 6 nitrogen and oxygen atoms in total. The monoisotopic (exact) mass is 322 g/mol. The zero-order valence-electron chi connectivity index (χ0n) is 9.82.